The second-order valence-corrected chi connectivity index (χ2v) is 5.98. The lowest BCUT2D eigenvalue weighted by Crippen LogP contribution is -2.19. The maximum atomic E-state index is 11.6. The Morgan fingerprint density at radius 1 is 1.36 bits per heavy atom. The summed E-state index contributed by atoms with van der Waals surface area (Å²) in [6.45, 7) is 1.79. The van der Waals surface area contributed by atoms with E-state index < -0.39 is 9.58 Å². The molecule has 0 N–H and O–H groups in total. The molecule has 76 valence electrons. The van der Waals surface area contributed by atoms with Gasteiger partial charge in [0.25, 0.3) is 3.79 Å². The fraction of sp³-hybridized carbons (Fsp3) is 0.222. The van der Waals surface area contributed by atoms with E-state index in [1.54, 1.807) is 19.1 Å². The molecule has 0 aliphatic carbocycles. The molecule has 0 amide bonds. The van der Waals surface area contributed by atoms with Crippen molar-refractivity contribution in [1.82, 2.24) is 0 Å². The van der Waals surface area contributed by atoms with Crippen LogP contribution in [-0.2, 0) is 0 Å². The maximum absolute atomic E-state index is 11.6. The summed E-state index contributed by atoms with van der Waals surface area (Å²) in [5, 5.41) is 0. The number of halogens is 4. The Bertz CT molecular complexity index is 371. The van der Waals surface area contributed by atoms with Crippen molar-refractivity contribution in [2.75, 3.05) is 0 Å². The van der Waals surface area contributed by atoms with Crippen molar-refractivity contribution in [3.63, 3.8) is 0 Å². The van der Waals surface area contributed by atoms with Crippen LogP contribution < -0.4 is 0 Å². The van der Waals surface area contributed by atoms with Crippen molar-refractivity contribution >= 4 is 56.5 Å². The molecule has 0 aliphatic heterocycles. The average Bonchev–Trinajstić information content (AvgIpc) is 2.06. The van der Waals surface area contributed by atoms with Crippen LogP contribution in [0.15, 0.2) is 22.7 Å². The molecule has 0 radical (unpaired) electrons. The maximum Gasteiger partial charge on any atom is 0.253 e. The molecule has 5 heteroatoms. The molecule has 1 aromatic rings. The quantitative estimate of drug-likeness (QED) is 0.557. The Morgan fingerprint density at radius 2 is 1.93 bits per heavy atom. The summed E-state index contributed by atoms with van der Waals surface area (Å²) in [7, 11) is 0. The first kappa shape index (κ1) is 12.3. The molecule has 0 atom stereocenters. The number of Topliss-reactive ketones (excluding diaryl/α,β-unsaturated/α-hetero) is 1. The lowest BCUT2D eigenvalue weighted by atomic mass is 10.1. The highest BCUT2D eigenvalue weighted by molar-refractivity contribution is 9.10. The molecule has 0 bridgehead atoms. The van der Waals surface area contributed by atoms with Gasteiger partial charge in [0, 0.05) is 10.0 Å². The van der Waals surface area contributed by atoms with Gasteiger partial charge in [-0.1, -0.05) is 56.8 Å². The predicted molar refractivity (Wildman–Crippen MR) is 63.5 cm³/mol. The summed E-state index contributed by atoms with van der Waals surface area (Å²) in [6.07, 6.45) is 0. The summed E-state index contributed by atoms with van der Waals surface area (Å²) in [6, 6.07) is 5.25. The highest BCUT2D eigenvalue weighted by Gasteiger charge is 2.32. The molecule has 0 spiro atoms. The SMILES string of the molecule is Cc1ccc(Br)cc1C(=O)C(Cl)(Cl)Cl. The van der Waals surface area contributed by atoms with Crippen molar-refractivity contribution in [3.05, 3.63) is 33.8 Å². The summed E-state index contributed by atoms with van der Waals surface area (Å²) >= 11 is 19.8. The molecule has 0 heterocycles. The first-order valence-electron chi connectivity index (χ1n) is 3.70. The van der Waals surface area contributed by atoms with E-state index in [-0.39, 0.29) is 0 Å². The lowest BCUT2D eigenvalue weighted by Gasteiger charge is -2.11. The molecule has 14 heavy (non-hydrogen) atoms. The van der Waals surface area contributed by atoms with Gasteiger partial charge in [-0.2, -0.15) is 0 Å². The van der Waals surface area contributed by atoms with Crippen LogP contribution in [0, 0.1) is 6.92 Å². The topological polar surface area (TPSA) is 17.1 Å². The van der Waals surface area contributed by atoms with E-state index in [1.165, 1.54) is 0 Å². The Morgan fingerprint density at radius 3 is 2.43 bits per heavy atom. The number of alkyl halides is 3. The van der Waals surface area contributed by atoms with Gasteiger partial charge in [-0.15, -0.1) is 0 Å². The van der Waals surface area contributed by atoms with E-state index in [9.17, 15) is 4.79 Å². The Kier molecular flexibility index (Phi) is 3.87. The predicted octanol–water partition coefficient (Wildman–Crippen LogP) is 4.31. The molecular weight excluding hydrogens is 310 g/mol. The second-order valence-electron chi connectivity index (χ2n) is 2.79. The van der Waals surface area contributed by atoms with Gasteiger partial charge in [0.2, 0.25) is 5.78 Å². The van der Waals surface area contributed by atoms with Crippen LogP contribution in [0.3, 0.4) is 0 Å². The molecule has 0 aliphatic rings. The normalized spacial score (nSPS) is 11.5. The number of hydrogen-bond acceptors (Lipinski definition) is 1. The van der Waals surface area contributed by atoms with Crippen LogP contribution >= 0.6 is 50.7 Å². The first-order chi connectivity index (χ1) is 6.32. The zero-order valence-corrected chi connectivity index (χ0v) is 11.0. The summed E-state index contributed by atoms with van der Waals surface area (Å²) in [5.41, 5.74) is 1.20. The van der Waals surface area contributed by atoms with E-state index in [4.69, 9.17) is 34.8 Å². The second kappa shape index (κ2) is 4.40. The van der Waals surface area contributed by atoms with Crippen molar-refractivity contribution in [1.29, 1.82) is 0 Å². The van der Waals surface area contributed by atoms with Crippen LogP contribution in [0.4, 0.5) is 0 Å². The molecule has 0 saturated carbocycles. The van der Waals surface area contributed by atoms with E-state index in [0.29, 0.717) is 5.56 Å². The third kappa shape index (κ3) is 2.86. The average molecular weight is 316 g/mol. The number of hydrogen-bond donors (Lipinski definition) is 0. The minimum absolute atomic E-state index is 0.416. The molecule has 1 aromatic carbocycles. The van der Waals surface area contributed by atoms with E-state index >= 15 is 0 Å². The standard InChI is InChI=1S/C9H6BrCl3O/c1-5-2-3-6(10)4-7(5)8(14)9(11,12)13/h2-4H,1H3. The third-order valence-electron chi connectivity index (χ3n) is 1.70. The number of benzene rings is 1. The minimum atomic E-state index is -1.90. The van der Waals surface area contributed by atoms with Gasteiger partial charge in [-0.3, -0.25) is 4.79 Å². The van der Waals surface area contributed by atoms with Gasteiger partial charge >= 0.3 is 0 Å². The van der Waals surface area contributed by atoms with Crippen molar-refractivity contribution in [2.24, 2.45) is 0 Å². The van der Waals surface area contributed by atoms with Crippen LogP contribution in [0.25, 0.3) is 0 Å². The highest BCUT2D eigenvalue weighted by Crippen LogP contribution is 2.32. The van der Waals surface area contributed by atoms with Gasteiger partial charge in [0.1, 0.15) is 0 Å². The molecular formula is C9H6BrCl3O. The monoisotopic (exact) mass is 314 g/mol. The molecule has 0 unspecified atom stereocenters. The van der Waals surface area contributed by atoms with Gasteiger partial charge in [0.05, 0.1) is 0 Å². The lowest BCUT2D eigenvalue weighted by molar-refractivity contribution is 0.0995. The summed E-state index contributed by atoms with van der Waals surface area (Å²) < 4.78 is -1.12. The number of ketones is 1. The zero-order valence-electron chi connectivity index (χ0n) is 7.15. The fourth-order valence-corrected chi connectivity index (χ4v) is 1.66. The van der Waals surface area contributed by atoms with Crippen LogP contribution in [-0.4, -0.2) is 9.58 Å². The highest BCUT2D eigenvalue weighted by atomic mass is 79.9. The zero-order chi connectivity index (χ0) is 10.9. The van der Waals surface area contributed by atoms with Crippen LogP contribution in [0.2, 0.25) is 0 Å². The Labute approximate surface area is 105 Å². The largest absolute Gasteiger partial charge is 0.289 e. The fourth-order valence-electron chi connectivity index (χ4n) is 0.992. The summed E-state index contributed by atoms with van der Waals surface area (Å²) in [5.74, 6) is -0.513. The molecule has 0 saturated heterocycles. The van der Waals surface area contributed by atoms with E-state index in [0.717, 1.165) is 10.0 Å². The molecule has 0 fully saturated rings. The Balaban J connectivity index is 3.19. The third-order valence-corrected chi connectivity index (χ3v) is 2.71. The molecule has 1 rings (SSSR count). The van der Waals surface area contributed by atoms with Crippen molar-refractivity contribution in [2.45, 2.75) is 10.7 Å². The summed E-state index contributed by atoms with van der Waals surface area (Å²) in [4.78, 5) is 11.6. The molecule has 0 aromatic heterocycles. The van der Waals surface area contributed by atoms with Crippen molar-refractivity contribution < 1.29 is 4.79 Å². The van der Waals surface area contributed by atoms with Gasteiger partial charge < -0.3 is 0 Å². The van der Waals surface area contributed by atoms with Gasteiger partial charge in [-0.05, 0) is 24.6 Å². The van der Waals surface area contributed by atoms with Gasteiger partial charge in [0.15, 0.2) is 0 Å². The Hall–Kier alpha value is 0.240. The van der Waals surface area contributed by atoms with Gasteiger partial charge in [-0.25, -0.2) is 0 Å². The number of aryl methyl sites for hydroxylation is 1. The van der Waals surface area contributed by atoms with Crippen molar-refractivity contribution in [3.8, 4) is 0 Å². The van der Waals surface area contributed by atoms with E-state index in [1.807, 2.05) is 6.07 Å². The number of carbonyl (C=O) groups excluding carboxylic acids is 1. The van der Waals surface area contributed by atoms with Crippen LogP contribution in [0.1, 0.15) is 15.9 Å². The van der Waals surface area contributed by atoms with E-state index in [2.05, 4.69) is 15.9 Å². The first-order valence-corrected chi connectivity index (χ1v) is 5.62. The number of rotatable bonds is 1. The minimum Gasteiger partial charge on any atom is -0.289 e. The molecule has 1 nitrogen and oxygen atoms in total. The number of carbonyl (C=O) groups is 1. The van der Waals surface area contributed by atoms with Crippen LogP contribution in [0.5, 0.6) is 0 Å². The smallest absolute Gasteiger partial charge is 0.253 e.